The zero-order valence-corrected chi connectivity index (χ0v) is 37.4. The van der Waals surface area contributed by atoms with Crippen molar-refractivity contribution in [3.05, 3.63) is 96.1 Å². The maximum atomic E-state index is 15.2. The van der Waals surface area contributed by atoms with Gasteiger partial charge in [-0.1, -0.05) is 37.1 Å². The van der Waals surface area contributed by atoms with Gasteiger partial charge < -0.3 is 48.4 Å². The number of ether oxygens (including phenoxy) is 6. The predicted octanol–water partition coefficient (Wildman–Crippen LogP) is 9.64. The number of carbonyl (C=O) groups excluding carboxylic acids is 1. The van der Waals surface area contributed by atoms with E-state index in [2.05, 4.69) is 44.0 Å². The van der Waals surface area contributed by atoms with Gasteiger partial charge in [-0.2, -0.15) is 0 Å². The Bertz CT molecular complexity index is 2100. The Morgan fingerprint density at radius 2 is 1.75 bits per heavy atom. The zero-order valence-electron chi connectivity index (χ0n) is 36.6. The van der Waals surface area contributed by atoms with Crippen LogP contribution in [-0.2, 0) is 14.3 Å². The summed E-state index contributed by atoms with van der Waals surface area (Å²) in [6.07, 6.45) is 14.0. The van der Waals surface area contributed by atoms with Crippen LogP contribution >= 0.6 is 11.8 Å². The van der Waals surface area contributed by atoms with Gasteiger partial charge in [0.05, 0.1) is 24.8 Å². The largest absolute Gasteiger partial charge is 0.459 e. The highest BCUT2D eigenvalue weighted by atomic mass is 32.2. The molecule has 7 atom stereocenters. The Hall–Kier alpha value is -4.53. The third-order valence-electron chi connectivity index (χ3n) is 13.1. The number of nitrogens with zero attached hydrogens (tertiary/aromatic N) is 2. The molecule has 1 saturated carbocycles. The van der Waals surface area contributed by atoms with Crippen molar-refractivity contribution in [2.75, 3.05) is 46.0 Å². The number of hydrogen-bond donors (Lipinski definition) is 2. The lowest BCUT2D eigenvalue weighted by Crippen LogP contribution is -2.70. The molecule has 0 radical (unpaired) electrons. The zero-order chi connectivity index (χ0) is 43.8. The molecule has 2 fully saturated rings. The van der Waals surface area contributed by atoms with Crippen molar-refractivity contribution in [2.45, 2.75) is 106 Å². The molecule has 3 aromatic rings. The monoisotopic (exact) mass is 882 g/mol. The van der Waals surface area contributed by atoms with E-state index < -0.39 is 24.0 Å². The van der Waals surface area contributed by atoms with Crippen molar-refractivity contribution in [3.63, 3.8) is 0 Å². The first-order valence-corrected chi connectivity index (χ1v) is 24.0. The van der Waals surface area contributed by atoms with Crippen LogP contribution in [0.1, 0.15) is 99.4 Å². The number of aliphatic hydroxyl groups excluding tert-OH is 2. The quantitative estimate of drug-likeness (QED) is 0.0486. The summed E-state index contributed by atoms with van der Waals surface area (Å²) in [5, 5.41) is 25.0. The van der Waals surface area contributed by atoms with Crippen LogP contribution in [0.25, 0.3) is 0 Å². The van der Waals surface area contributed by atoms with Crippen LogP contribution in [0, 0.1) is 17.8 Å². The molecule has 0 aromatic heterocycles. The fourth-order valence-corrected chi connectivity index (χ4v) is 10.7. The molecule has 5 aliphatic rings. The van der Waals surface area contributed by atoms with E-state index in [1.165, 1.54) is 0 Å². The van der Waals surface area contributed by atoms with E-state index in [1.807, 2.05) is 29.2 Å². The van der Waals surface area contributed by atoms with E-state index in [-0.39, 0.29) is 56.7 Å². The smallest absolute Gasteiger partial charge is 0.254 e. The second kappa shape index (κ2) is 21.0. The average Bonchev–Trinajstić information content (AvgIpc) is 3.79. The molecule has 1 amide bonds. The molecule has 63 heavy (non-hydrogen) atoms. The van der Waals surface area contributed by atoms with Crippen molar-refractivity contribution >= 4 is 23.4 Å². The van der Waals surface area contributed by atoms with E-state index >= 15 is 4.79 Å². The van der Waals surface area contributed by atoms with Crippen LogP contribution in [0.5, 0.6) is 28.7 Å². The Morgan fingerprint density at radius 3 is 2.49 bits per heavy atom. The summed E-state index contributed by atoms with van der Waals surface area (Å²) in [6, 6.07) is 18.7. The van der Waals surface area contributed by atoms with E-state index in [0.717, 1.165) is 72.4 Å². The van der Waals surface area contributed by atoms with Gasteiger partial charge in [0.15, 0.2) is 11.5 Å². The van der Waals surface area contributed by atoms with E-state index in [1.54, 1.807) is 36.0 Å². The molecule has 8 rings (SSSR count). The third kappa shape index (κ3) is 9.64. The summed E-state index contributed by atoms with van der Waals surface area (Å²) in [5.41, 5.74) is 3.16. The summed E-state index contributed by atoms with van der Waals surface area (Å²) in [5.74, 6) is 1.13. The summed E-state index contributed by atoms with van der Waals surface area (Å²) in [7, 11) is 0. The van der Waals surface area contributed by atoms with Gasteiger partial charge in [0, 0.05) is 54.5 Å². The van der Waals surface area contributed by atoms with Gasteiger partial charge in [-0.3, -0.25) is 4.79 Å². The number of amides is 1. The van der Waals surface area contributed by atoms with E-state index in [9.17, 15) is 10.2 Å². The highest BCUT2D eigenvalue weighted by Crippen LogP contribution is 2.62. The lowest BCUT2D eigenvalue weighted by atomic mass is 9.55. The van der Waals surface area contributed by atoms with Crippen molar-refractivity contribution in [1.29, 1.82) is 0 Å². The molecule has 3 aromatic carbocycles. The molecule has 1 saturated heterocycles. The van der Waals surface area contributed by atoms with E-state index in [0.29, 0.717) is 61.0 Å². The van der Waals surface area contributed by atoms with Crippen LogP contribution < -0.4 is 18.9 Å². The number of allylic oxidation sites excluding steroid dienone is 1. The number of hydrogen-bond acceptors (Lipinski definition) is 12. The SMILES string of the molecule is C=CCO[C@@]12Oc3ccc(Oc4ccc(SC)cc4)cc3[C@H]3[C@H](CCCCO)[C@@H](CCCCO)C=C(C(=NOC4CCCCO4)C[C@@H]1N(CCC)C(=O)c1ccc4c(c1)OCO4)[C@H]32. The second-order valence-corrected chi connectivity index (χ2v) is 17.9. The molecular formula is C50H62N2O10S. The molecule has 338 valence electrons. The molecule has 12 nitrogen and oxygen atoms in total. The lowest BCUT2D eigenvalue weighted by molar-refractivity contribution is -0.254. The summed E-state index contributed by atoms with van der Waals surface area (Å²) in [4.78, 5) is 24.5. The first-order chi connectivity index (χ1) is 30.9. The summed E-state index contributed by atoms with van der Waals surface area (Å²) < 4.78 is 38.5. The minimum Gasteiger partial charge on any atom is -0.459 e. The number of oxime groups is 1. The molecule has 1 unspecified atom stereocenters. The topological polar surface area (TPSA) is 138 Å². The molecule has 3 heterocycles. The fraction of sp³-hybridized carbons (Fsp3) is 0.520. The number of carbonyl (C=O) groups is 1. The minimum absolute atomic E-state index is 0.0706. The predicted molar refractivity (Wildman–Crippen MR) is 242 cm³/mol. The number of thioether (sulfide) groups is 1. The van der Waals surface area contributed by atoms with Crippen molar-refractivity contribution in [2.24, 2.45) is 22.9 Å². The molecule has 2 aliphatic carbocycles. The van der Waals surface area contributed by atoms with Crippen LogP contribution in [0.15, 0.2) is 95.0 Å². The van der Waals surface area contributed by atoms with Gasteiger partial charge in [0.25, 0.3) is 5.91 Å². The average molecular weight is 883 g/mol. The number of benzene rings is 3. The van der Waals surface area contributed by atoms with Crippen molar-refractivity contribution in [3.8, 4) is 28.7 Å². The Labute approximate surface area is 375 Å². The maximum absolute atomic E-state index is 15.2. The van der Waals surface area contributed by atoms with Gasteiger partial charge in [-0.25, -0.2) is 0 Å². The van der Waals surface area contributed by atoms with Crippen LogP contribution in [0.3, 0.4) is 0 Å². The number of rotatable bonds is 20. The molecular weight excluding hydrogens is 821 g/mol. The van der Waals surface area contributed by atoms with Crippen molar-refractivity contribution in [1.82, 2.24) is 4.90 Å². The maximum Gasteiger partial charge on any atom is 0.254 e. The van der Waals surface area contributed by atoms with Crippen LogP contribution in [0.4, 0.5) is 0 Å². The van der Waals surface area contributed by atoms with Gasteiger partial charge in [-0.05, 0) is 129 Å². The Balaban J connectivity index is 1.32. The van der Waals surface area contributed by atoms with Crippen molar-refractivity contribution < 1.29 is 48.3 Å². The first-order valence-electron chi connectivity index (χ1n) is 22.8. The molecule has 0 bridgehead atoms. The molecule has 13 heteroatoms. The standard InChI is InChI=1S/C50H62N2O10S/c1-4-23-52(49(55)34-15-21-43-44(29-34)58-32-57-43)45-31-41(51-62-46-14-8-11-27-56-46)39-28-33(12-6-9-24-53)38(13-7-10-25-54)47-40-30-36(60-35-16-19-37(63-3)20-17-35)18-22-42(40)61-50(45,48(39)47)59-26-5-2/h5,15-22,28-30,33,38,45-48,53-54H,2,4,6-14,23-27,31-32H2,1,3H3/t33-,38+,45-,46?,47+,48+,50+/m0/s1. The highest BCUT2D eigenvalue weighted by molar-refractivity contribution is 7.98. The first kappa shape index (κ1) is 45.1. The van der Waals surface area contributed by atoms with Gasteiger partial charge >= 0.3 is 0 Å². The van der Waals surface area contributed by atoms with Gasteiger partial charge in [0.2, 0.25) is 18.9 Å². The third-order valence-corrected chi connectivity index (χ3v) is 13.8. The highest BCUT2D eigenvalue weighted by Gasteiger charge is 2.65. The second-order valence-electron chi connectivity index (χ2n) is 17.0. The van der Waals surface area contributed by atoms with Gasteiger partial charge in [-0.15, -0.1) is 18.3 Å². The number of unbranched alkanes of at least 4 members (excludes halogenated alkanes) is 2. The number of fused-ring (bicyclic) bond motifs is 3. The normalized spacial score (nSPS) is 26.2. The molecule has 3 aliphatic heterocycles. The Kier molecular flexibility index (Phi) is 15.0. The molecule has 0 spiro atoms. The molecule has 2 N–H and O–H groups in total. The fourth-order valence-electron chi connectivity index (χ4n) is 10.2. The summed E-state index contributed by atoms with van der Waals surface area (Å²) in [6.45, 7) is 7.64. The number of aliphatic hydroxyl groups is 2. The van der Waals surface area contributed by atoms with E-state index in [4.69, 9.17) is 38.4 Å². The van der Waals surface area contributed by atoms with Crippen LogP contribution in [0.2, 0.25) is 0 Å². The summed E-state index contributed by atoms with van der Waals surface area (Å²) >= 11 is 1.68. The lowest BCUT2D eigenvalue weighted by Gasteiger charge is -2.60. The Morgan fingerprint density at radius 1 is 0.968 bits per heavy atom. The van der Waals surface area contributed by atoms with Crippen LogP contribution in [-0.4, -0.2) is 90.9 Å². The van der Waals surface area contributed by atoms with Gasteiger partial charge in [0.1, 0.15) is 23.3 Å². The minimum atomic E-state index is -1.39.